The smallest absolute Gasteiger partial charge is 0.329 e. The SMILES string of the molecule is CC(=O)Nc1cc(Oc2ccc(NC(=O)N3CCC4(CC(F)(F)C4)C3=O)nc2C)ccn1. The van der Waals surface area contributed by atoms with Gasteiger partial charge in [0, 0.05) is 38.6 Å². The van der Waals surface area contributed by atoms with Gasteiger partial charge in [0.2, 0.25) is 17.7 Å². The average molecular weight is 445 g/mol. The van der Waals surface area contributed by atoms with Gasteiger partial charge in [0.05, 0.1) is 11.1 Å². The van der Waals surface area contributed by atoms with Crippen molar-refractivity contribution in [2.75, 3.05) is 17.2 Å². The summed E-state index contributed by atoms with van der Waals surface area (Å²) in [6.45, 7) is 3.14. The fourth-order valence-electron chi connectivity index (χ4n) is 4.03. The van der Waals surface area contributed by atoms with Gasteiger partial charge in [-0.15, -0.1) is 0 Å². The number of imide groups is 1. The molecule has 0 atom stereocenters. The van der Waals surface area contributed by atoms with Crippen molar-refractivity contribution in [1.29, 1.82) is 0 Å². The number of amides is 4. The number of ether oxygens (including phenoxy) is 1. The molecule has 4 rings (SSSR count). The molecule has 168 valence electrons. The van der Waals surface area contributed by atoms with Gasteiger partial charge in [-0.2, -0.15) is 0 Å². The zero-order valence-corrected chi connectivity index (χ0v) is 17.4. The molecule has 2 aliphatic rings. The fourth-order valence-corrected chi connectivity index (χ4v) is 4.03. The monoisotopic (exact) mass is 445 g/mol. The number of aryl methyl sites for hydroxylation is 1. The summed E-state index contributed by atoms with van der Waals surface area (Å²) in [5.41, 5.74) is -0.661. The van der Waals surface area contributed by atoms with Crippen LogP contribution in [0.4, 0.5) is 25.2 Å². The van der Waals surface area contributed by atoms with E-state index in [0.29, 0.717) is 23.0 Å². The van der Waals surface area contributed by atoms with Crippen LogP contribution in [0, 0.1) is 12.3 Å². The minimum absolute atomic E-state index is 0.0968. The third-order valence-corrected chi connectivity index (χ3v) is 5.49. The number of carbonyl (C=O) groups is 3. The van der Waals surface area contributed by atoms with Crippen LogP contribution in [-0.4, -0.2) is 45.2 Å². The van der Waals surface area contributed by atoms with E-state index in [1.807, 2.05) is 0 Å². The molecule has 1 saturated carbocycles. The number of rotatable bonds is 4. The second kappa shape index (κ2) is 7.81. The second-order valence-corrected chi connectivity index (χ2v) is 8.07. The second-order valence-electron chi connectivity index (χ2n) is 8.07. The lowest BCUT2D eigenvalue weighted by atomic mass is 9.65. The van der Waals surface area contributed by atoms with E-state index in [0.717, 1.165) is 4.90 Å². The van der Waals surface area contributed by atoms with E-state index in [2.05, 4.69) is 20.6 Å². The number of anilines is 2. The summed E-state index contributed by atoms with van der Waals surface area (Å²) in [7, 11) is 0. The van der Waals surface area contributed by atoms with Crippen LogP contribution in [0.15, 0.2) is 30.5 Å². The summed E-state index contributed by atoms with van der Waals surface area (Å²) >= 11 is 0. The minimum Gasteiger partial charge on any atom is -0.455 e. The summed E-state index contributed by atoms with van der Waals surface area (Å²) in [6, 6.07) is 5.56. The highest BCUT2D eigenvalue weighted by atomic mass is 19.3. The van der Waals surface area contributed by atoms with Crippen LogP contribution >= 0.6 is 0 Å². The largest absolute Gasteiger partial charge is 0.455 e. The molecule has 4 amide bonds. The number of likely N-dealkylation sites (tertiary alicyclic amines) is 1. The molecule has 9 nitrogen and oxygen atoms in total. The van der Waals surface area contributed by atoms with Gasteiger partial charge in [-0.3, -0.25) is 19.8 Å². The summed E-state index contributed by atoms with van der Waals surface area (Å²) < 4.78 is 32.3. The van der Waals surface area contributed by atoms with Crippen LogP contribution in [0.5, 0.6) is 11.5 Å². The first kappa shape index (κ1) is 21.6. The quantitative estimate of drug-likeness (QED) is 0.742. The average Bonchev–Trinajstić information content (AvgIpc) is 2.99. The standard InChI is InChI=1S/C21H21F2N5O4/c1-12-15(32-14-5-7-24-17(9-14)26-13(2)29)3-4-16(25-12)27-19(31)28-8-6-20(18(28)30)10-21(22,23)11-20/h3-5,7,9H,6,8,10-11H2,1-2H3,(H,24,26,29)(H,25,27,31). The molecule has 2 aromatic rings. The number of alkyl halides is 2. The lowest BCUT2D eigenvalue weighted by Gasteiger charge is -2.42. The predicted molar refractivity (Wildman–Crippen MR) is 110 cm³/mol. The lowest BCUT2D eigenvalue weighted by Crippen LogP contribution is -2.52. The molecule has 0 aromatic carbocycles. The van der Waals surface area contributed by atoms with E-state index in [9.17, 15) is 23.2 Å². The maximum atomic E-state index is 13.3. The van der Waals surface area contributed by atoms with Gasteiger partial charge in [0.25, 0.3) is 0 Å². The molecule has 1 spiro atoms. The molecular weight excluding hydrogens is 424 g/mol. The number of urea groups is 1. The summed E-state index contributed by atoms with van der Waals surface area (Å²) in [5.74, 6) is -2.30. The molecule has 0 bridgehead atoms. The third-order valence-electron chi connectivity index (χ3n) is 5.49. The number of nitrogens with one attached hydrogen (secondary N) is 2. The molecule has 1 aliphatic carbocycles. The number of aromatic nitrogens is 2. The maximum Gasteiger partial charge on any atom is 0.329 e. The van der Waals surface area contributed by atoms with Crippen LogP contribution < -0.4 is 15.4 Å². The molecular formula is C21H21F2N5O4. The van der Waals surface area contributed by atoms with Crippen LogP contribution in [0.3, 0.4) is 0 Å². The Bertz CT molecular complexity index is 1100. The maximum absolute atomic E-state index is 13.3. The fraction of sp³-hybridized carbons (Fsp3) is 0.381. The molecule has 3 heterocycles. The van der Waals surface area contributed by atoms with Crippen molar-refractivity contribution in [2.24, 2.45) is 5.41 Å². The van der Waals surface area contributed by atoms with E-state index in [1.165, 1.54) is 19.2 Å². The lowest BCUT2D eigenvalue weighted by molar-refractivity contribution is -0.176. The number of halogens is 2. The normalized spacial score (nSPS) is 18.2. The summed E-state index contributed by atoms with van der Waals surface area (Å²) in [4.78, 5) is 45.5. The Balaban J connectivity index is 1.40. The van der Waals surface area contributed by atoms with Crippen LogP contribution in [-0.2, 0) is 9.59 Å². The first-order valence-corrected chi connectivity index (χ1v) is 9.97. The Hall–Kier alpha value is -3.63. The Morgan fingerprint density at radius 2 is 1.91 bits per heavy atom. The van der Waals surface area contributed by atoms with Gasteiger partial charge < -0.3 is 10.1 Å². The van der Waals surface area contributed by atoms with Gasteiger partial charge in [-0.05, 0) is 31.5 Å². The van der Waals surface area contributed by atoms with Crippen molar-refractivity contribution >= 4 is 29.5 Å². The van der Waals surface area contributed by atoms with Crippen molar-refractivity contribution in [2.45, 2.75) is 39.0 Å². The van der Waals surface area contributed by atoms with Crippen molar-refractivity contribution < 1.29 is 27.9 Å². The molecule has 2 aromatic heterocycles. The Labute approximate surface area is 182 Å². The zero-order chi connectivity index (χ0) is 23.1. The molecule has 2 fully saturated rings. The summed E-state index contributed by atoms with van der Waals surface area (Å²) in [5, 5.41) is 5.10. The zero-order valence-electron chi connectivity index (χ0n) is 17.4. The van der Waals surface area contributed by atoms with Crippen molar-refractivity contribution in [3.05, 3.63) is 36.2 Å². The number of carbonyl (C=O) groups excluding carboxylic acids is 3. The Morgan fingerprint density at radius 1 is 1.16 bits per heavy atom. The van der Waals surface area contributed by atoms with E-state index >= 15 is 0 Å². The highest BCUT2D eigenvalue weighted by Gasteiger charge is 2.64. The van der Waals surface area contributed by atoms with Gasteiger partial charge >= 0.3 is 6.03 Å². The molecule has 11 heteroatoms. The van der Waals surface area contributed by atoms with E-state index in [-0.39, 0.29) is 24.7 Å². The van der Waals surface area contributed by atoms with Crippen molar-refractivity contribution in [3.8, 4) is 11.5 Å². The molecule has 1 aliphatic heterocycles. The molecule has 32 heavy (non-hydrogen) atoms. The minimum atomic E-state index is -2.84. The molecule has 0 radical (unpaired) electrons. The van der Waals surface area contributed by atoms with Gasteiger partial charge in [-0.25, -0.2) is 23.5 Å². The summed E-state index contributed by atoms with van der Waals surface area (Å²) in [6.07, 6.45) is 0.700. The molecule has 1 saturated heterocycles. The van der Waals surface area contributed by atoms with Crippen LogP contribution in [0.1, 0.15) is 31.9 Å². The number of hydrogen-bond donors (Lipinski definition) is 2. The predicted octanol–water partition coefficient (Wildman–Crippen LogP) is 3.72. The van der Waals surface area contributed by atoms with E-state index < -0.39 is 36.1 Å². The third kappa shape index (κ3) is 4.23. The van der Waals surface area contributed by atoms with Crippen molar-refractivity contribution in [1.82, 2.24) is 14.9 Å². The van der Waals surface area contributed by atoms with Crippen molar-refractivity contribution in [3.63, 3.8) is 0 Å². The first-order chi connectivity index (χ1) is 15.1. The van der Waals surface area contributed by atoms with Gasteiger partial charge in [0.1, 0.15) is 23.1 Å². The topological polar surface area (TPSA) is 114 Å². The highest BCUT2D eigenvalue weighted by Crippen LogP contribution is 2.57. The first-order valence-electron chi connectivity index (χ1n) is 9.97. The number of pyridine rings is 2. The van der Waals surface area contributed by atoms with Crippen LogP contribution in [0.2, 0.25) is 0 Å². The molecule has 2 N–H and O–H groups in total. The Kier molecular flexibility index (Phi) is 5.27. The highest BCUT2D eigenvalue weighted by molar-refractivity contribution is 6.04. The van der Waals surface area contributed by atoms with Gasteiger partial charge in [0.15, 0.2) is 0 Å². The Morgan fingerprint density at radius 3 is 2.56 bits per heavy atom. The van der Waals surface area contributed by atoms with Crippen LogP contribution in [0.25, 0.3) is 0 Å². The molecule has 0 unspecified atom stereocenters. The van der Waals surface area contributed by atoms with E-state index in [1.54, 1.807) is 25.1 Å². The number of hydrogen-bond acceptors (Lipinski definition) is 6. The van der Waals surface area contributed by atoms with Gasteiger partial charge in [-0.1, -0.05) is 0 Å². The van der Waals surface area contributed by atoms with E-state index in [4.69, 9.17) is 4.74 Å². The number of nitrogens with zero attached hydrogens (tertiary/aromatic N) is 3.